The molecule has 0 atom stereocenters. The highest BCUT2D eigenvalue weighted by molar-refractivity contribution is 6.32. The molecular formula is C11H12ClN3O2. The van der Waals surface area contributed by atoms with Crippen LogP contribution in [0, 0.1) is 21.4 Å². The monoisotopic (exact) mass is 253 g/mol. The van der Waals surface area contributed by atoms with E-state index in [2.05, 4.69) is 6.07 Å². The van der Waals surface area contributed by atoms with Gasteiger partial charge in [0.15, 0.2) is 0 Å². The molecule has 0 saturated heterocycles. The minimum atomic E-state index is -0.499. The first kappa shape index (κ1) is 13.4. The third-order valence-corrected chi connectivity index (χ3v) is 2.58. The van der Waals surface area contributed by atoms with E-state index in [-0.39, 0.29) is 10.7 Å². The van der Waals surface area contributed by atoms with Crippen molar-refractivity contribution in [3.8, 4) is 6.07 Å². The highest BCUT2D eigenvalue weighted by atomic mass is 35.5. The molecule has 0 aliphatic carbocycles. The number of hydrogen-bond donors (Lipinski definition) is 0. The topological polar surface area (TPSA) is 70.2 Å². The van der Waals surface area contributed by atoms with Crippen molar-refractivity contribution in [2.45, 2.75) is 13.0 Å². The van der Waals surface area contributed by atoms with Gasteiger partial charge in [-0.25, -0.2) is 0 Å². The van der Waals surface area contributed by atoms with E-state index in [9.17, 15) is 10.1 Å². The van der Waals surface area contributed by atoms with Gasteiger partial charge < -0.3 is 4.90 Å². The second kappa shape index (κ2) is 6.18. The number of nitriles is 1. The maximum absolute atomic E-state index is 10.7. The summed E-state index contributed by atoms with van der Waals surface area (Å²) in [5.41, 5.74) is 0.722. The molecule has 5 nitrogen and oxygen atoms in total. The van der Waals surface area contributed by atoms with Crippen molar-refractivity contribution in [3.05, 3.63) is 38.9 Å². The lowest BCUT2D eigenvalue weighted by Gasteiger charge is -2.14. The Bertz CT molecular complexity index is 457. The van der Waals surface area contributed by atoms with E-state index >= 15 is 0 Å². The van der Waals surface area contributed by atoms with Gasteiger partial charge in [-0.1, -0.05) is 17.7 Å². The fourth-order valence-corrected chi connectivity index (χ4v) is 1.61. The standard InChI is InChI=1S/C11H12ClN3O2/c1-14(6-2-5-13)8-9-3-4-10(12)11(7-9)15(16)17/h3-4,7H,2,6,8H2,1H3. The second-order valence-electron chi connectivity index (χ2n) is 3.69. The zero-order valence-electron chi connectivity index (χ0n) is 9.39. The van der Waals surface area contributed by atoms with E-state index in [1.165, 1.54) is 12.1 Å². The van der Waals surface area contributed by atoms with Gasteiger partial charge in [0.05, 0.1) is 11.0 Å². The Hall–Kier alpha value is -1.64. The molecule has 0 aliphatic heterocycles. The van der Waals surface area contributed by atoms with Gasteiger partial charge in [0.25, 0.3) is 5.69 Å². The number of hydrogen-bond acceptors (Lipinski definition) is 4. The fourth-order valence-electron chi connectivity index (χ4n) is 1.43. The summed E-state index contributed by atoms with van der Waals surface area (Å²) in [5.74, 6) is 0. The van der Waals surface area contributed by atoms with Crippen LogP contribution in [0.1, 0.15) is 12.0 Å². The van der Waals surface area contributed by atoms with Crippen molar-refractivity contribution in [1.82, 2.24) is 4.90 Å². The lowest BCUT2D eigenvalue weighted by molar-refractivity contribution is -0.384. The number of nitro groups is 1. The summed E-state index contributed by atoms with van der Waals surface area (Å²) in [7, 11) is 1.86. The largest absolute Gasteiger partial charge is 0.301 e. The van der Waals surface area contributed by atoms with E-state index in [4.69, 9.17) is 16.9 Å². The van der Waals surface area contributed by atoms with Crippen LogP contribution in [0.5, 0.6) is 0 Å². The van der Waals surface area contributed by atoms with Crippen molar-refractivity contribution >= 4 is 17.3 Å². The number of nitrogens with zero attached hydrogens (tertiary/aromatic N) is 3. The van der Waals surface area contributed by atoms with Crippen LogP contribution in [0.2, 0.25) is 5.02 Å². The van der Waals surface area contributed by atoms with Crippen LogP contribution in [0.25, 0.3) is 0 Å². The number of nitro benzene ring substituents is 1. The molecule has 0 aromatic heterocycles. The van der Waals surface area contributed by atoms with Gasteiger partial charge in [0.1, 0.15) is 5.02 Å². The van der Waals surface area contributed by atoms with Crippen LogP contribution < -0.4 is 0 Å². The molecule has 1 rings (SSSR count). The minimum Gasteiger partial charge on any atom is -0.301 e. The molecule has 0 heterocycles. The van der Waals surface area contributed by atoms with Gasteiger partial charge in [-0.3, -0.25) is 10.1 Å². The Morgan fingerprint density at radius 1 is 1.59 bits per heavy atom. The van der Waals surface area contributed by atoms with Gasteiger partial charge in [-0.05, 0) is 18.7 Å². The summed E-state index contributed by atoms with van der Waals surface area (Å²) in [6, 6.07) is 6.78. The van der Waals surface area contributed by atoms with Crippen molar-refractivity contribution in [1.29, 1.82) is 5.26 Å². The molecule has 6 heteroatoms. The highest BCUT2D eigenvalue weighted by Crippen LogP contribution is 2.25. The Labute approximate surface area is 104 Å². The Morgan fingerprint density at radius 2 is 2.29 bits per heavy atom. The third-order valence-electron chi connectivity index (χ3n) is 2.27. The molecule has 0 bridgehead atoms. The van der Waals surface area contributed by atoms with Crippen LogP contribution in [-0.2, 0) is 6.54 Å². The van der Waals surface area contributed by atoms with Gasteiger partial charge in [-0.2, -0.15) is 5.26 Å². The fraction of sp³-hybridized carbons (Fsp3) is 0.364. The van der Waals surface area contributed by atoms with Crippen molar-refractivity contribution in [2.75, 3.05) is 13.6 Å². The first-order valence-electron chi connectivity index (χ1n) is 5.03. The lowest BCUT2D eigenvalue weighted by Crippen LogP contribution is -2.18. The normalized spacial score (nSPS) is 10.2. The molecular weight excluding hydrogens is 242 g/mol. The molecule has 0 saturated carbocycles. The minimum absolute atomic E-state index is 0.0853. The molecule has 0 aliphatic rings. The molecule has 17 heavy (non-hydrogen) atoms. The Morgan fingerprint density at radius 3 is 2.88 bits per heavy atom. The summed E-state index contributed by atoms with van der Waals surface area (Å²) in [6.07, 6.45) is 0.437. The number of benzene rings is 1. The van der Waals surface area contributed by atoms with Crippen molar-refractivity contribution in [3.63, 3.8) is 0 Å². The molecule has 0 fully saturated rings. The molecule has 1 aromatic carbocycles. The maximum atomic E-state index is 10.7. The first-order chi connectivity index (χ1) is 8.04. The summed E-state index contributed by atoms with van der Waals surface area (Å²) in [6.45, 7) is 1.19. The zero-order chi connectivity index (χ0) is 12.8. The average molecular weight is 254 g/mol. The second-order valence-corrected chi connectivity index (χ2v) is 4.10. The molecule has 0 radical (unpaired) electrons. The van der Waals surface area contributed by atoms with Crippen molar-refractivity contribution in [2.24, 2.45) is 0 Å². The number of rotatable bonds is 5. The Kier molecular flexibility index (Phi) is 4.88. The van der Waals surface area contributed by atoms with Gasteiger partial charge in [-0.15, -0.1) is 0 Å². The lowest BCUT2D eigenvalue weighted by atomic mass is 10.2. The van der Waals surface area contributed by atoms with Crippen LogP contribution in [-0.4, -0.2) is 23.4 Å². The predicted octanol–water partition coefficient (Wildman–Crippen LogP) is 2.59. The van der Waals surface area contributed by atoms with E-state index in [0.29, 0.717) is 19.5 Å². The molecule has 0 amide bonds. The van der Waals surface area contributed by atoms with Gasteiger partial charge >= 0.3 is 0 Å². The van der Waals surface area contributed by atoms with E-state index in [1.807, 2.05) is 11.9 Å². The molecule has 90 valence electrons. The summed E-state index contributed by atoms with van der Waals surface area (Å²) in [5, 5.41) is 19.3. The third kappa shape index (κ3) is 4.02. The van der Waals surface area contributed by atoms with E-state index in [1.54, 1.807) is 6.07 Å². The summed E-state index contributed by atoms with van der Waals surface area (Å²) >= 11 is 5.71. The maximum Gasteiger partial charge on any atom is 0.288 e. The SMILES string of the molecule is CN(CCC#N)Cc1ccc(Cl)c([N+](=O)[O-])c1. The summed E-state index contributed by atoms with van der Waals surface area (Å²) in [4.78, 5) is 12.1. The van der Waals surface area contributed by atoms with Crippen LogP contribution in [0.4, 0.5) is 5.69 Å². The molecule has 1 aromatic rings. The van der Waals surface area contributed by atoms with Crippen LogP contribution in [0.3, 0.4) is 0 Å². The number of halogens is 1. The van der Waals surface area contributed by atoms with Gasteiger partial charge in [0, 0.05) is 25.6 Å². The quantitative estimate of drug-likeness (QED) is 0.597. The molecule has 0 unspecified atom stereocenters. The molecule has 0 N–H and O–H groups in total. The highest BCUT2D eigenvalue weighted by Gasteiger charge is 2.13. The van der Waals surface area contributed by atoms with E-state index in [0.717, 1.165) is 5.56 Å². The Balaban J connectivity index is 2.76. The van der Waals surface area contributed by atoms with Crippen molar-refractivity contribution < 1.29 is 4.92 Å². The zero-order valence-corrected chi connectivity index (χ0v) is 10.1. The van der Waals surface area contributed by atoms with Gasteiger partial charge in [0.2, 0.25) is 0 Å². The predicted molar refractivity (Wildman–Crippen MR) is 64.7 cm³/mol. The van der Waals surface area contributed by atoms with Crippen LogP contribution >= 0.6 is 11.6 Å². The molecule has 0 spiro atoms. The first-order valence-corrected chi connectivity index (χ1v) is 5.40. The smallest absolute Gasteiger partial charge is 0.288 e. The summed E-state index contributed by atoms with van der Waals surface area (Å²) < 4.78 is 0. The van der Waals surface area contributed by atoms with Crippen LogP contribution in [0.15, 0.2) is 18.2 Å². The average Bonchev–Trinajstić information content (AvgIpc) is 2.28. The van der Waals surface area contributed by atoms with E-state index < -0.39 is 4.92 Å².